The average Bonchev–Trinajstić information content (AvgIpc) is 2.34. The monoisotopic (exact) mass is 268 g/mol. The van der Waals surface area contributed by atoms with E-state index >= 15 is 0 Å². The molecule has 0 saturated heterocycles. The van der Waals surface area contributed by atoms with E-state index in [0.29, 0.717) is 5.57 Å². The number of hydrogen-bond acceptors (Lipinski definition) is 3. The van der Waals surface area contributed by atoms with E-state index in [1.807, 2.05) is 6.92 Å². The molecule has 1 aliphatic carbocycles. The maximum absolute atomic E-state index is 12.1. The van der Waals surface area contributed by atoms with Crippen LogP contribution in [0.25, 0.3) is 0 Å². The van der Waals surface area contributed by atoms with Crippen LogP contribution in [-0.4, -0.2) is 20.2 Å². The van der Waals surface area contributed by atoms with Gasteiger partial charge in [0.1, 0.15) is 4.75 Å². The van der Waals surface area contributed by atoms with Crippen molar-refractivity contribution in [3.05, 3.63) is 23.3 Å². The Hall–Kier alpha value is -1.12. The second-order valence-corrected chi connectivity index (χ2v) is 7.04. The van der Waals surface area contributed by atoms with Crippen molar-refractivity contribution in [1.82, 2.24) is 4.72 Å². The molecule has 5 heteroatoms. The molecule has 0 spiro atoms. The summed E-state index contributed by atoms with van der Waals surface area (Å²) in [6.45, 7) is 5.49. The molecular formula is C13H20N2O2S. The molecule has 0 amide bonds. The number of hydrogen-bond donors (Lipinski definition) is 1. The van der Waals surface area contributed by atoms with E-state index < -0.39 is 14.8 Å². The highest BCUT2D eigenvalue weighted by Gasteiger charge is 2.45. The summed E-state index contributed by atoms with van der Waals surface area (Å²) in [5.74, 6) is -0.341. The summed E-state index contributed by atoms with van der Waals surface area (Å²) in [6, 6.07) is 2.18. The van der Waals surface area contributed by atoms with E-state index in [1.165, 1.54) is 7.05 Å². The van der Waals surface area contributed by atoms with Gasteiger partial charge in [0.25, 0.3) is 0 Å². The minimum atomic E-state index is -3.47. The molecular weight excluding hydrogens is 248 g/mol. The van der Waals surface area contributed by atoms with Crippen LogP contribution in [0, 0.1) is 17.2 Å². The minimum Gasteiger partial charge on any atom is -0.218 e. The zero-order valence-corrected chi connectivity index (χ0v) is 12.1. The van der Waals surface area contributed by atoms with Crippen molar-refractivity contribution in [3.63, 3.8) is 0 Å². The van der Waals surface area contributed by atoms with Crippen LogP contribution in [0.1, 0.15) is 33.6 Å². The smallest absolute Gasteiger partial charge is 0.218 e. The second-order valence-electron chi connectivity index (χ2n) is 4.75. The van der Waals surface area contributed by atoms with Crippen LogP contribution in [-0.2, 0) is 10.0 Å². The summed E-state index contributed by atoms with van der Waals surface area (Å²) in [7, 11) is -2.07. The first-order valence-electron chi connectivity index (χ1n) is 6.09. The molecule has 0 fully saturated rings. The van der Waals surface area contributed by atoms with Crippen LogP contribution < -0.4 is 4.72 Å². The average molecular weight is 268 g/mol. The molecule has 0 heterocycles. The first-order valence-corrected chi connectivity index (χ1v) is 7.57. The Kier molecular flexibility index (Phi) is 4.36. The predicted octanol–water partition coefficient (Wildman–Crippen LogP) is 2.12. The second kappa shape index (κ2) is 5.25. The van der Waals surface area contributed by atoms with Crippen molar-refractivity contribution in [2.45, 2.75) is 38.4 Å². The lowest BCUT2D eigenvalue weighted by molar-refractivity contribution is 0.495. The summed E-state index contributed by atoms with van der Waals surface area (Å²) >= 11 is 0. The number of allylic oxidation sites excluding steroid dienone is 3. The van der Waals surface area contributed by atoms with Crippen molar-refractivity contribution in [2.75, 3.05) is 7.05 Å². The lowest BCUT2D eigenvalue weighted by atomic mass is 9.80. The van der Waals surface area contributed by atoms with Crippen molar-refractivity contribution in [3.8, 4) is 6.07 Å². The Bertz CT molecular complexity index is 526. The topological polar surface area (TPSA) is 70.0 Å². The van der Waals surface area contributed by atoms with Gasteiger partial charge in [0.15, 0.2) is 0 Å². The van der Waals surface area contributed by atoms with Crippen molar-refractivity contribution in [1.29, 1.82) is 5.26 Å². The van der Waals surface area contributed by atoms with Gasteiger partial charge in [-0.05, 0) is 26.0 Å². The normalized spacial score (nSPS) is 28.3. The lowest BCUT2D eigenvalue weighted by Crippen LogP contribution is -2.47. The zero-order valence-electron chi connectivity index (χ0n) is 11.3. The fourth-order valence-electron chi connectivity index (χ4n) is 2.26. The Morgan fingerprint density at radius 2 is 2.17 bits per heavy atom. The van der Waals surface area contributed by atoms with Crippen molar-refractivity contribution >= 4 is 10.0 Å². The van der Waals surface area contributed by atoms with Gasteiger partial charge in [-0.3, -0.25) is 0 Å². The first-order chi connectivity index (χ1) is 8.34. The highest BCUT2D eigenvalue weighted by molar-refractivity contribution is 7.91. The SMILES string of the molecule is CCCC1=C(C#N)C(C)C(C)(S(=O)(=O)NC)C=C1. The molecule has 0 aromatic carbocycles. The standard InChI is InChI=1S/C13H20N2O2S/c1-5-6-11-7-8-13(3,18(16,17)15-4)10(2)12(11)9-14/h7-8,10,15H,5-6H2,1-4H3. The molecule has 1 rings (SSSR count). The van der Waals surface area contributed by atoms with Crippen LogP contribution >= 0.6 is 0 Å². The van der Waals surface area contributed by atoms with Crippen LogP contribution in [0.4, 0.5) is 0 Å². The third-order valence-corrected chi connectivity index (χ3v) is 5.93. The van der Waals surface area contributed by atoms with Gasteiger partial charge < -0.3 is 0 Å². The molecule has 4 nitrogen and oxygen atoms in total. The molecule has 2 atom stereocenters. The van der Waals surface area contributed by atoms with Gasteiger partial charge >= 0.3 is 0 Å². The summed E-state index contributed by atoms with van der Waals surface area (Å²) < 4.78 is 25.5. The van der Waals surface area contributed by atoms with Crippen LogP contribution in [0.5, 0.6) is 0 Å². The molecule has 1 N–H and O–H groups in total. The summed E-state index contributed by atoms with van der Waals surface area (Å²) in [4.78, 5) is 0. The third-order valence-electron chi connectivity index (χ3n) is 3.74. The summed E-state index contributed by atoms with van der Waals surface area (Å²) in [5, 5.41) is 9.27. The van der Waals surface area contributed by atoms with Gasteiger partial charge in [-0.25, -0.2) is 13.1 Å². The maximum atomic E-state index is 12.1. The molecule has 0 saturated carbocycles. The fourth-order valence-corrected chi connectivity index (χ4v) is 3.53. The summed E-state index contributed by atoms with van der Waals surface area (Å²) in [5.41, 5.74) is 1.54. The molecule has 18 heavy (non-hydrogen) atoms. The Balaban J connectivity index is 3.31. The molecule has 2 unspecified atom stereocenters. The van der Waals surface area contributed by atoms with Gasteiger partial charge in [0.2, 0.25) is 10.0 Å². The third kappa shape index (κ3) is 2.23. The summed E-state index contributed by atoms with van der Waals surface area (Å²) in [6.07, 6.45) is 5.23. The highest BCUT2D eigenvalue weighted by atomic mass is 32.2. The number of rotatable bonds is 4. The van der Waals surface area contributed by atoms with Crippen molar-refractivity contribution < 1.29 is 8.42 Å². The quantitative estimate of drug-likeness (QED) is 0.849. The Morgan fingerprint density at radius 3 is 2.61 bits per heavy atom. The van der Waals surface area contributed by atoms with Crippen LogP contribution in [0.2, 0.25) is 0 Å². The van der Waals surface area contributed by atoms with Crippen LogP contribution in [0.3, 0.4) is 0 Å². The zero-order chi connectivity index (χ0) is 14.0. The van der Waals surface area contributed by atoms with E-state index in [4.69, 9.17) is 0 Å². The Labute approximate surface area is 109 Å². The number of nitriles is 1. The van der Waals surface area contributed by atoms with E-state index in [-0.39, 0.29) is 5.92 Å². The van der Waals surface area contributed by atoms with Crippen molar-refractivity contribution in [2.24, 2.45) is 5.92 Å². The Morgan fingerprint density at radius 1 is 1.56 bits per heavy atom. The molecule has 0 bridgehead atoms. The number of sulfonamides is 1. The van der Waals surface area contributed by atoms with Gasteiger partial charge in [0, 0.05) is 11.5 Å². The molecule has 0 radical (unpaired) electrons. The van der Waals surface area contributed by atoms with Crippen LogP contribution in [0.15, 0.2) is 23.3 Å². The highest BCUT2D eigenvalue weighted by Crippen LogP contribution is 2.38. The van der Waals surface area contributed by atoms with Gasteiger partial charge in [-0.15, -0.1) is 0 Å². The number of nitrogens with one attached hydrogen (secondary N) is 1. The maximum Gasteiger partial charge on any atom is 0.221 e. The molecule has 0 aliphatic heterocycles. The molecule has 0 aromatic heterocycles. The number of nitrogens with zero attached hydrogens (tertiary/aromatic N) is 1. The molecule has 0 aromatic rings. The van der Waals surface area contributed by atoms with E-state index in [0.717, 1.165) is 18.4 Å². The molecule has 1 aliphatic rings. The van der Waals surface area contributed by atoms with E-state index in [9.17, 15) is 13.7 Å². The van der Waals surface area contributed by atoms with Gasteiger partial charge in [-0.2, -0.15) is 5.26 Å². The van der Waals surface area contributed by atoms with Gasteiger partial charge in [0.05, 0.1) is 6.07 Å². The predicted molar refractivity (Wildman–Crippen MR) is 72.2 cm³/mol. The first kappa shape index (κ1) is 14.9. The molecule has 100 valence electrons. The minimum absolute atomic E-state index is 0.341. The fraction of sp³-hybridized carbons (Fsp3) is 0.615. The van der Waals surface area contributed by atoms with E-state index in [1.54, 1.807) is 26.0 Å². The van der Waals surface area contributed by atoms with E-state index in [2.05, 4.69) is 10.8 Å². The van der Waals surface area contributed by atoms with Gasteiger partial charge in [-0.1, -0.05) is 32.4 Å². The largest absolute Gasteiger partial charge is 0.221 e. The lowest BCUT2D eigenvalue weighted by Gasteiger charge is -2.35.